The van der Waals surface area contributed by atoms with E-state index in [1.54, 1.807) is 25.0 Å². The van der Waals surface area contributed by atoms with E-state index in [2.05, 4.69) is 17.4 Å². The first-order chi connectivity index (χ1) is 13.9. The lowest BCUT2D eigenvalue weighted by molar-refractivity contribution is -0.121. The van der Waals surface area contributed by atoms with Crippen LogP contribution in [0.1, 0.15) is 47.2 Å². The van der Waals surface area contributed by atoms with Crippen molar-refractivity contribution in [2.45, 2.75) is 46.1 Å². The molecule has 1 heterocycles. The highest BCUT2D eigenvalue weighted by molar-refractivity contribution is 5.95. The first-order valence-corrected chi connectivity index (χ1v) is 10.1. The largest absolute Gasteiger partial charge is 0.466 e. The highest BCUT2D eigenvalue weighted by Gasteiger charge is 2.21. The number of amides is 2. The lowest BCUT2D eigenvalue weighted by Crippen LogP contribution is -2.39. The zero-order valence-corrected chi connectivity index (χ0v) is 17.9. The van der Waals surface area contributed by atoms with Crippen molar-refractivity contribution in [3.63, 3.8) is 0 Å². The Hall–Kier alpha value is -2.60. The van der Waals surface area contributed by atoms with Crippen molar-refractivity contribution in [1.82, 2.24) is 10.2 Å². The number of nitrogens with one attached hydrogen (secondary N) is 1. The predicted octanol–water partition coefficient (Wildman–Crippen LogP) is 3.51. The van der Waals surface area contributed by atoms with Crippen LogP contribution in [0.3, 0.4) is 0 Å². The molecule has 158 valence electrons. The molecular formula is C23H32N2O4. The van der Waals surface area contributed by atoms with Crippen LogP contribution in [-0.2, 0) is 16.0 Å². The Bertz CT molecular complexity index is 785. The van der Waals surface area contributed by atoms with Crippen molar-refractivity contribution in [2.24, 2.45) is 0 Å². The van der Waals surface area contributed by atoms with Gasteiger partial charge >= 0.3 is 0 Å². The molecule has 1 atom stereocenters. The summed E-state index contributed by atoms with van der Waals surface area (Å²) < 4.78 is 10.6. The van der Waals surface area contributed by atoms with Crippen LogP contribution in [-0.4, -0.2) is 49.6 Å². The van der Waals surface area contributed by atoms with Crippen LogP contribution in [0.15, 0.2) is 40.8 Å². The second-order valence-electron chi connectivity index (χ2n) is 7.35. The SMILES string of the molecule is COCCN(CCC(=O)N[C@@H](C)CCc1ccccc1)C(=O)c1cc(C)oc1C. The molecule has 6 heteroatoms. The Morgan fingerprint density at radius 1 is 1.17 bits per heavy atom. The Morgan fingerprint density at radius 2 is 1.90 bits per heavy atom. The van der Waals surface area contributed by atoms with E-state index in [-0.39, 0.29) is 24.3 Å². The van der Waals surface area contributed by atoms with Crippen LogP contribution in [0.4, 0.5) is 0 Å². The highest BCUT2D eigenvalue weighted by Crippen LogP contribution is 2.16. The maximum absolute atomic E-state index is 12.9. The third kappa shape index (κ3) is 7.38. The van der Waals surface area contributed by atoms with E-state index in [1.807, 2.05) is 32.0 Å². The molecule has 1 N–H and O–H groups in total. The number of hydrogen-bond acceptors (Lipinski definition) is 4. The van der Waals surface area contributed by atoms with Crippen molar-refractivity contribution in [2.75, 3.05) is 26.8 Å². The van der Waals surface area contributed by atoms with Gasteiger partial charge in [-0.3, -0.25) is 9.59 Å². The van der Waals surface area contributed by atoms with Gasteiger partial charge in [-0.15, -0.1) is 0 Å². The van der Waals surface area contributed by atoms with Crippen LogP contribution in [0, 0.1) is 13.8 Å². The van der Waals surface area contributed by atoms with Crippen molar-refractivity contribution in [3.8, 4) is 0 Å². The Labute approximate surface area is 173 Å². The Kier molecular flexibility index (Phi) is 8.93. The maximum atomic E-state index is 12.9. The van der Waals surface area contributed by atoms with Gasteiger partial charge in [0.1, 0.15) is 11.5 Å². The second kappa shape index (κ2) is 11.4. The molecule has 0 saturated carbocycles. The van der Waals surface area contributed by atoms with Crippen LogP contribution in [0.25, 0.3) is 0 Å². The molecule has 0 aliphatic rings. The zero-order valence-electron chi connectivity index (χ0n) is 17.9. The fourth-order valence-corrected chi connectivity index (χ4v) is 3.21. The summed E-state index contributed by atoms with van der Waals surface area (Å²) in [5.41, 5.74) is 1.80. The van der Waals surface area contributed by atoms with E-state index in [4.69, 9.17) is 9.15 Å². The minimum atomic E-state index is -0.138. The van der Waals surface area contributed by atoms with Gasteiger partial charge in [-0.1, -0.05) is 30.3 Å². The van der Waals surface area contributed by atoms with Gasteiger partial charge in [-0.2, -0.15) is 0 Å². The van der Waals surface area contributed by atoms with E-state index in [0.29, 0.717) is 36.8 Å². The van der Waals surface area contributed by atoms with Gasteiger partial charge in [0, 0.05) is 32.7 Å². The molecule has 0 aliphatic heterocycles. The number of ether oxygens (including phenoxy) is 1. The monoisotopic (exact) mass is 400 g/mol. The van der Waals surface area contributed by atoms with E-state index in [0.717, 1.165) is 12.8 Å². The molecule has 1 aromatic heterocycles. The molecule has 0 fully saturated rings. The summed E-state index contributed by atoms with van der Waals surface area (Å²) in [6.45, 7) is 6.77. The van der Waals surface area contributed by atoms with E-state index in [9.17, 15) is 9.59 Å². The topological polar surface area (TPSA) is 71.8 Å². The van der Waals surface area contributed by atoms with E-state index >= 15 is 0 Å². The highest BCUT2D eigenvalue weighted by atomic mass is 16.5. The molecule has 29 heavy (non-hydrogen) atoms. The smallest absolute Gasteiger partial charge is 0.257 e. The van der Waals surface area contributed by atoms with Crippen LogP contribution in [0.5, 0.6) is 0 Å². The van der Waals surface area contributed by atoms with Gasteiger partial charge in [-0.25, -0.2) is 0 Å². The third-order valence-electron chi connectivity index (χ3n) is 4.85. The van der Waals surface area contributed by atoms with Gasteiger partial charge in [-0.05, 0) is 45.2 Å². The van der Waals surface area contributed by atoms with Gasteiger partial charge in [0.15, 0.2) is 0 Å². The summed E-state index contributed by atoms with van der Waals surface area (Å²) >= 11 is 0. The summed E-state index contributed by atoms with van der Waals surface area (Å²) in [6.07, 6.45) is 2.04. The maximum Gasteiger partial charge on any atom is 0.257 e. The summed E-state index contributed by atoms with van der Waals surface area (Å²) in [5, 5.41) is 3.03. The number of carbonyl (C=O) groups excluding carboxylic acids is 2. The molecule has 1 aromatic carbocycles. The van der Waals surface area contributed by atoms with Crippen molar-refractivity contribution >= 4 is 11.8 Å². The van der Waals surface area contributed by atoms with E-state index in [1.165, 1.54) is 5.56 Å². The minimum absolute atomic E-state index is 0.0547. The summed E-state index contributed by atoms with van der Waals surface area (Å²) in [7, 11) is 1.59. The predicted molar refractivity (Wildman–Crippen MR) is 113 cm³/mol. The van der Waals surface area contributed by atoms with Crippen molar-refractivity contribution in [1.29, 1.82) is 0 Å². The molecule has 0 aliphatic carbocycles. The molecule has 2 aromatic rings. The van der Waals surface area contributed by atoms with E-state index < -0.39 is 0 Å². The fourth-order valence-electron chi connectivity index (χ4n) is 3.21. The average Bonchev–Trinajstić information content (AvgIpc) is 3.04. The fraction of sp³-hybridized carbons (Fsp3) is 0.478. The number of methoxy groups -OCH3 is 1. The normalized spacial score (nSPS) is 11.9. The summed E-state index contributed by atoms with van der Waals surface area (Å²) in [6, 6.07) is 12.0. The first kappa shape index (κ1) is 22.7. The molecule has 2 rings (SSSR count). The summed E-state index contributed by atoms with van der Waals surface area (Å²) in [5.74, 6) is 1.10. The molecule has 0 bridgehead atoms. The van der Waals surface area contributed by atoms with Crippen LogP contribution < -0.4 is 5.32 Å². The molecule has 6 nitrogen and oxygen atoms in total. The number of furan rings is 1. The number of nitrogens with zero attached hydrogens (tertiary/aromatic N) is 1. The van der Waals surface area contributed by atoms with Gasteiger partial charge in [0.25, 0.3) is 5.91 Å². The van der Waals surface area contributed by atoms with Gasteiger partial charge in [0.05, 0.1) is 12.2 Å². The Balaban J connectivity index is 1.84. The number of benzene rings is 1. The minimum Gasteiger partial charge on any atom is -0.466 e. The first-order valence-electron chi connectivity index (χ1n) is 10.1. The second-order valence-corrected chi connectivity index (χ2v) is 7.35. The summed E-state index contributed by atoms with van der Waals surface area (Å²) in [4.78, 5) is 26.9. The van der Waals surface area contributed by atoms with Crippen LogP contribution in [0.2, 0.25) is 0 Å². The van der Waals surface area contributed by atoms with Gasteiger partial charge < -0.3 is 19.4 Å². The molecule has 0 spiro atoms. The zero-order chi connectivity index (χ0) is 21.2. The average molecular weight is 401 g/mol. The number of hydrogen-bond donors (Lipinski definition) is 1. The molecule has 2 amide bonds. The van der Waals surface area contributed by atoms with Crippen molar-refractivity contribution < 1.29 is 18.7 Å². The Morgan fingerprint density at radius 3 is 2.52 bits per heavy atom. The lowest BCUT2D eigenvalue weighted by atomic mass is 10.1. The molecule has 0 unspecified atom stereocenters. The number of rotatable bonds is 11. The lowest BCUT2D eigenvalue weighted by Gasteiger charge is -2.22. The number of carbonyl (C=O) groups is 2. The number of aryl methyl sites for hydroxylation is 3. The molecular weight excluding hydrogens is 368 g/mol. The van der Waals surface area contributed by atoms with Crippen molar-refractivity contribution in [3.05, 3.63) is 59.0 Å². The molecule has 0 radical (unpaired) electrons. The third-order valence-corrected chi connectivity index (χ3v) is 4.85. The van der Waals surface area contributed by atoms with Gasteiger partial charge in [0.2, 0.25) is 5.91 Å². The molecule has 0 saturated heterocycles. The quantitative estimate of drug-likeness (QED) is 0.627. The standard InChI is InChI=1S/C23H32N2O4/c1-17(10-11-20-8-6-5-7-9-20)24-22(26)12-13-25(14-15-28-4)23(27)21-16-18(2)29-19(21)3/h5-9,16-17H,10-15H2,1-4H3,(H,24,26)/t17-/m0/s1. The van der Waals surface area contributed by atoms with Crippen LogP contribution >= 0.6 is 0 Å².